The van der Waals surface area contributed by atoms with Gasteiger partial charge in [-0.15, -0.1) is 0 Å². The molecule has 0 aliphatic heterocycles. The number of aryl methyl sites for hydroxylation is 2. The molecular formula is C32H55N3O4. The Balaban J connectivity index is 3.52. The van der Waals surface area contributed by atoms with Crippen molar-refractivity contribution in [3.63, 3.8) is 0 Å². The van der Waals surface area contributed by atoms with Crippen LogP contribution in [-0.4, -0.2) is 47.0 Å². The van der Waals surface area contributed by atoms with Crippen molar-refractivity contribution in [2.24, 2.45) is 5.92 Å². The van der Waals surface area contributed by atoms with Crippen LogP contribution in [0.5, 0.6) is 0 Å². The monoisotopic (exact) mass is 545 g/mol. The molecule has 3 amide bonds. The largest absolute Gasteiger partial charge is 0.444 e. The molecule has 2 unspecified atom stereocenters. The highest BCUT2D eigenvalue weighted by atomic mass is 16.6. The summed E-state index contributed by atoms with van der Waals surface area (Å²) in [6.07, 6.45) is 6.19. The average Bonchev–Trinajstić information content (AvgIpc) is 2.79. The van der Waals surface area contributed by atoms with E-state index in [1.54, 1.807) is 25.7 Å². The quantitative estimate of drug-likeness (QED) is 0.232. The zero-order valence-corrected chi connectivity index (χ0v) is 26.3. The number of alkyl carbamates (subject to hydrolysis) is 1. The van der Waals surface area contributed by atoms with E-state index < -0.39 is 23.8 Å². The topological polar surface area (TPSA) is 87.7 Å². The van der Waals surface area contributed by atoms with Crippen molar-refractivity contribution in [1.82, 2.24) is 15.5 Å². The number of rotatable bonds is 15. The molecule has 0 fully saturated rings. The van der Waals surface area contributed by atoms with Crippen LogP contribution in [0.15, 0.2) is 18.2 Å². The fourth-order valence-corrected chi connectivity index (χ4v) is 4.82. The van der Waals surface area contributed by atoms with E-state index in [1.807, 2.05) is 59.7 Å². The summed E-state index contributed by atoms with van der Waals surface area (Å²) < 4.78 is 5.50. The van der Waals surface area contributed by atoms with E-state index in [-0.39, 0.29) is 23.8 Å². The van der Waals surface area contributed by atoms with Crippen LogP contribution in [0.4, 0.5) is 4.79 Å². The predicted molar refractivity (Wildman–Crippen MR) is 160 cm³/mol. The Hall–Kier alpha value is -2.57. The maximum Gasteiger partial charge on any atom is 0.408 e. The fourth-order valence-electron chi connectivity index (χ4n) is 4.82. The van der Waals surface area contributed by atoms with Gasteiger partial charge >= 0.3 is 6.09 Å². The number of nitrogens with one attached hydrogen (secondary N) is 2. The Morgan fingerprint density at radius 3 is 1.97 bits per heavy atom. The maximum atomic E-state index is 14.3. The molecule has 1 aromatic rings. The maximum absolute atomic E-state index is 14.3. The number of hydrogen-bond acceptors (Lipinski definition) is 4. The number of carbonyl (C=O) groups excluding carboxylic acids is 3. The van der Waals surface area contributed by atoms with E-state index in [2.05, 4.69) is 17.6 Å². The van der Waals surface area contributed by atoms with Crippen molar-refractivity contribution in [2.75, 3.05) is 6.54 Å². The van der Waals surface area contributed by atoms with Gasteiger partial charge in [-0.1, -0.05) is 71.1 Å². The molecule has 2 atom stereocenters. The molecule has 222 valence electrons. The Bertz CT molecular complexity index is 900. The summed E-state index contributed by atoms with van der Waals surface area (Å²) in [5.41, 5.74) is 2.07. The predicted octanol–water partition coefficient (Wildman–Crippen LogP) is 7.00. The van der Waals surface area contributed by atoms with Crippen LogP contribution < -0.4 is 10.6 Å². The lowest BCUT2D eigenvalue weighted by Gasteiger charge is -2.36. The first-order valence-corrected chi connectivity index (χ1v) is 14.8. The lowest BCUT2D eigenvalue weighted by molar-refractivity contribution is -0.143. The Kier molecular flexibility index (Phi) is 14.6. The minimum atomic E-state index is -0.807. The Labute approximate surface area is 237 Å². The van der Waals surface area contributed by atoms with E-state index in [1.165, 1.54) is 12.8 Å². The number of nitrogens with zero attached hydrogens (tertiary/aromatic N) is 1. The van der Waals surface area contributed by atoms with E-state index >= 15 is 0 Å². The summed E-state index contributed by atoms with van der Waals surface area (Å²) in [7, 11) is 0. The van der Waals surface area contributed by atoms with Gasteiger partial charge in [-0.3, -0.25) is 9.59 Å². The highest BCUT2D eigenvalue weighted by molar-refractivity contribution is 5.92. The van der Waals surface area contributed by atoms with Gasteiger partial charge in [0.25, 0.3) is 0 Å². The van der Waals surface area contributed by atoms with Crippen molar-refractivity contribution in [2.45, 2.75) is 138 Å². The molecule has 0 bridgehead atoms. The summed E-state index contributed by atoms with van der Waals surface area (Å²) in [5, 5.41) is 5.89. The van der Waals surface area contributed by atoms with Crippen LogP contribution in [0.25, 0.3) is 0 Å². The van der Waals surface area contributed by atoms with Crippen molar-refractivity contribution in [1.29, 1.82) is 0 Å². The number of amides is 3. The molecule has 39 heavy (non-hydrogen) atoms. The van der Waals surface area contributed by atoms with Gasteiger partial charge in [0.15, 0.2) is 0 Å². The van der Waals surface area contributed by atoms with Gasteiger partial charge in [-0.05, 0) is 83.9 Å². The van der Waals surface area contributed by atoms with Crippen molar-refractivity contribution in [3.05, 3.63) is 34.9 Å². The molecule has 1 aromatic carbocycles. The summed E-state index contributed by atoms with van der Waals surface area (Å²) >= 11 is 0. The second-order valence-electron chi connectivity index (χ2n) is 12.5. The standard InChI is InChI=1S/C32H55N3O4/c1-11-12-13-14-15-16-20-35(30(37)26(21-22(2)3)34-31(38)39-32(8,9)10)28(29(36)33-23(4)5)27-24(6)18-17-19-25(27)7/h17-19,22-23,26,28H,11-16,20-21H2,1-10H3,(H,33,36)(H,34,38). The fraction of sp³-hybridized carbons (Fsp3) is 0.719. The molecule has 0 spiro atoms. The third-order valence-corrected chi connectivity index (χ3v) is 6.54. The second kappa shape index (κ2) is 16.5. The average molecular weight is 546 g/mol. The third-order valence-electron chi connectivity index (χ3n) is 6.54. The van der Waals surface area contributed by atoms with E-state index in [0.29, 0.717) is 13.0 Å². The number of ether oxygens (including phenoxy) is 1. The highest BCUT2D eigenvalue weighted by Gasteiger charge is 2.37. The summed E-state index contributed by atoms with van der Waals surface area (Å²) in [5.74, 6) is -0.315. The minimum Gasteiger partial charge on any atom is -0.444 e. The summed E-state index contributed by atoms with van der Waals surface area (Å²) in [6, 6.07) is 4.25. The molecule has 1 rings (SSSR count). The van der Waals surface area contributed by atoms with Crippen molar-refractivity contribution < 1.29 is 19.1 Å². The molecular weight excluding hydrogens is 490 g/mol. The Morgan fingerprint density at radius 2 is 1.46 bits per heavy atom. The van der Waals surface area contributed by atoms with Gasteiger partial charge < -0.3 is 20.3 Å². The Morgan fingerprint density at radius 1 is 0.897 bits per heavy atom. The molecule has 2 N–H and O–H groups in total. The normalized spacial score (nSPS) is 13.2. The molecule has 7 nitrogen and oxygen atoms in total. The van der Waals surface area contributed by atoms with Crippen LogP contribution in [0, 0.1) is 19.8 Å². The minimum absolute atomic E-state index is 0.0818. The summed E-state index contributed by atoms with van der Waals surface area (Å²) in [6.45, 7) is 19.8. The van der Waals surface area contributed by atoms with Gasteiger partial charge in [0.1, 0.15) is 17.7 Å². The smallest absolute Gasteiger partial charge is 0.408 e. The molecule has 0 aromatic heterocycles. The van der Waals surface area contributed by atoms with Crippen LogP contribution in [0.3, 0.4) is 0 Å². The van der Waals surface area contributed by atoms with Gasteiger partial charge in [-0.2, -0.15) is 0 Å². The van der Waals surface area contributed by atoms with Gasteiger partial charge in [-0.25, -0.2) is 4.79 Å². The van der Waals surface area contributed by atoms with Gasteiger partial charge in [0, 0.05) is 12.6 Å². The second-order valence-corrected chi connectivity index (χ2v) is 12.5. The van der Waals surface area contributed by atoms with Gasteiger partial charge in [0.2, 0.25) is 11.8 Å². The first-order chi connectivity index (χ1) is 18.2. The van der Waals surface area contributed by atoms with Crippen LogP contribution in [-0.2, 0) is 14.3 Å². The number of benzene rings is 1. The molecule has 0 saturated heterocycles. The van der Waals surface area contributed by atoms with Crippen LogP contribution in [0.1, 0.15) is 123 Å². The van der Waals surface area contributed by atoms with E-state index in [9.17, 15) is 14.4 Å². The molecule has 7 heteroatoms. The lowest BCUT2D eigenvalue weighted by atomic mass is 9.92. The first kappa shape index (κ1) is 34.5. The number of hydrogen-bond donors (Lipinski definition) is 2. The summed E-state index contributed by atoms with van der Waals surface area (Å²) in [4.78, 5) is 42.7. The zero-order valence-electron chi connectivity index (χ0n) is 26.3. The van der Waals surface area contributed by atoms with Crippen LogP contribution >= 0.6 is 0 Å². The molecule has 0 radical (unpaired) electrons. The van der Waals surface area contributed by atoms with Crippen LogP contribution in [0.2, 0.25) is 0 Å². The third kappa shape index (κ3) is 12.4. The molecule has 0 heterocycles. The van der Waals surface area contributed by atoms with E-state index in [4.69, 9.17) is 4.74 Å². The number of unbranched alkanes of at least 4 members (excludes halogenated alkanes) is 5. The van der Waals surface area contributed by atoms with Gasteiger partial charge in [0.05, 0.1) is 0 Å². The first-order valence-electron chi connectivity index (χ1n) is 14.8. The zero-order chi connectivity index (χ0) is 29.8. The lowest BCUT2D eigenvalue weighted by Crippen LogP contribution is -2.54. The molecule has 0 saturated carbocycles. The van der Waals surface area contributed by atoms with E-state index in [0.717, 1.165) is 42.4 Å². The highest BCUT2D eigenvalue weighted by Crippen LogP contribution is 2.30. The van der Waals surface area contributed by atoms with Crippen molar-refractivity contribution >= 4 is 17.9 Å². The number of carbonyl (C=O) groups is 3. The molecule has 0 aliphatic rings. The SMILES string of the molecule is CCCCCCCCN(C(=O)C(CC(C)C)NC(=O)OC(C)(C)C)C(C(=O)NC(C)C)c1c(C)cccc1C. The molecule has 0 aliphatic carbocycles. The van der Waals surface area contributed by atoms with Crippen molar-refractivity contribution in [3.8, 4) is 0 Å².